The number of aromatic nitrogens is 2. The van der Waals surface area contributed by atoms with Crippen LogP contribution in [0.2, 0.25) is 0 Å². The summed E-state index contributed by atoms with van der Waals surface area (Å²) in [5, 5.41) is 11.2. The molecular formula is C29H42N6O4. The molecule has 0 aromatic carbocycles. The Morgan fingerprint density at radius 1 is 0.564 bits per heavy atom. The van der Waals surface area contributed by atoms with Crippen molar-refractivity contribution >= 4 is 23.6 Å². The molecule has 2 atom stereocenters. The molecule has 0 spiro atoms. The molecule has 2 aromatic heterocycles. The Morgan fingerprint density at radius 3 is 1.21 bits per heavy atom. The number of amides is 4. The molecule has 0 aliphatic carbocycles. The van der Waals surface area contributed by atoms with E-state index in [1.165, 1.54) is 44.0 Å². The number of unbranched alkanes of at least 4 members (excludes halogenated alkanes) is 8. The van der Waals surface area contributed by atoms with Gasteiger partial charge in [-0.15, -0.1) is 0 Å². The number of hydrogen-bond donors (Lipinski definition) is 4. The zero-order chi connectivity index (χ0) is 28.3. The maximum Gasteiger partial charge on any atom is 0.257 e. The predicted molar refractivity (Wildman–Crippen MR) is 150 cm³/mol. The van der Waals surface area contributed by atoms with Crippen molar-refractivity contribution in [2.24, 2.45) is 0 Å². The summed E-state index contributed by atoms with van der Waals surface area (Å²) in [6, 6.07) is 5.41. The lowest BCUT2D eigenvalue weighted by molar-refractivity contribution is -0.122. The lowest BCUT2D eigenvalue weighted by Gasteiger charge is -2.13. The summed E-state index contributed by atoms with van der Waals surface area (Å²) < 4.78 is 0. The van der Waals surface area contributed by atoms with Gasteiger partial charge in [0.1, 0.15) is 0 Å². The molecule has 0 saturated heterocycles. The predicted octanol–water partition coefficient (Wildman–Crippen LogP) is 3.16. The van der Waals surface area contributed by atoms with Crippen LogP contribution in [0.1, 0.15) is 92.4 Å². The average molecular weight is 539 g/mol. The minimum Gasteiger partial charge on any atom is -0.306 e. The van der Waals surface area contributed by atoms with Crippen molar-refractivity contribution in [3.05, 3.63) is 60.2 Å². The van der Waals surface area contributed by atoms with Crippen LogP contribution in [0.25, 0.3) is 0 Å². The maximum absolute atomic E-state index is 12.2. The first kappa shape index (κ1) is 31.7. The second-order valence-corrected chi connectivity index (χ2v) is 9.64. The summed E-state index contributed by atoms with van der Waals surface area (Å²) in [6.45, 7) is 4.98. The van der Waals surface area contributed by atoms with Crippen LogP contribution >= 0.6 is 0 Å². The number of nitrogens with zero attached hydrogens (tertiary/aromatic N) is 2. The Labute approximate surface area is 231 Å². The second-order valence-electron chi connectivity index (χ2n) is 9.64. The van der Waals surface area contributed by atoms with E-state index in [-0.39, 0.29) is 11.8 Å². The number of imide groups is 2. The van der Waals surface area contributed by atoms with Gasteiger partial charge >= 0.3 is 0 Å². The van der Waals surface area contributed by atoms with Gasteiger partial charge in [0.05, 0.1) is 12.1 Å². The third-order valence-corrected chi connectivity index (χ3v) is 6.40. The van der Waals surface area contributed by atoms with Crippen LogP contribution in [0, 0.1) is 0 Å². The summed E-state index contributed by atoms with van der Waals surface area (Å²) in [6.07, 6.45) is 16.2. The van der Waals surface area contributed by atoms with Gasteiger partial charge < -0.3 is 10.6 Å². The summed E-state index contributed by atoms with van der Waals surface area (Å²) in [7, 11) is 0. The quantitative estimate of drug-likeness (QED) is 0.212. The fraction of sp³-hybridized carbons (Fsp3) is 0.517. The van der Waals surface area contributed by atoms with Crippen molar-refractivity contribution in [1.29, 1.82) is 0 Å². The van der Waals surface area contributed by atoms with E-state index in [0.29, 0.717) is 11.1 Å². The Hall–Kier alpha value is -3.50. The molecule has 0 aliphatic rings. The van der Waals surface area contributed by atoms with E-state index in [0.717, 1.165) is 51.6 Å². The van der Waals surface area contributed by atoms with Gasteiger partial charge in [0.15, 0.2) is 0 Å². The van der Waals surface area contributed by atoms with Crippen LogP contribution in [-0.4, -0.2) is 58.8 Å². The van der Waals surface area contributed by atoms with Crippen LogP contribution in [0.15, 0.2) is 49.1 Å². The Balaban J connectivity index is 1.38. The van der Waals surface area contributed by atoms with Gasteiger partial charge in [0, 0.05) is 35.9 Å². The zero-order valence-corrected chi connectivity index (χ0v) is 23.1. The molecule has 0 fully saturated rings. The smallest absolute Gasteiger partial charge is 0.257 e. The number of pyridine rings is 2. The Kier molecular flexibility index (Phi) is 15.2. The molecule has 2 aromatic rings. The van der Waals surface area contributed by atoms with Gasteiger partial charge in [-0.2, -0.15) is 0 Å². The lowest BCUT2D eigenvalue weighted by atomic mass is 10.1. The molecule has 4 N–H and O–H groups in total. The fourth-order valence-corrected chi connectivity index (χ4v) is 3.90. The molecule has 4 amide bonds. The third-order valence-electron chi connectivity index (χ3n) is 6.40. The molecule has 0 radical (unpaired) electrons. The van der Waals surface area contributed by atoms with Gasteiger partial charge in [-0.05, 0) is 64.0 Å². The Bertz CT molecular complexity index is 937. The molecule has 10 nitrogen and oxygen atoms in total. The van der Waals surface area contributed by atoms with E-state index in [4.69, 9.17) is 0 Å². The summed E-state index contributed by atoms with van der Waals surface area (Å²) >= 11 is 0. The molecular weight excluding hydrogens is 496 g/mol. The van der Waals surface area contributed by atoms with Gasteiger partial charge in [0.25, 0.3) is 11.8 Å². The highest BCUT2D eigenvalue weighted by Crippen LogP contribution is 2.09. The lowest BCUT2D eigenvalue weighted by Crippen LogP contribution is -2.44. The molecule has 39 heavy (non-hydrogen) atoms. The summed E-state index contributed by atoms with van der Waals surface area (Å²) in [4.78, 5) is 56.1. The standard InChI is InChI=1S/C29H42N6O4/c1-22(26(36)34-28(38)24-12-18-30-19-13-24)32-16-10-8-6-4-3-5-7-9-11-17-33-23(2)27(37)35-29(39)25-14-20-31-21-15-25/h12-15,18-23,32-33H,3-11,16-17H2,1-2H3,(H,34,36,38)(H,35,37,39). The highest BCUT2D eigenvalue weighted by Gasteiger charge is 2.17. The first-order chi connectivity index (χ1) is 18.9. The zero-order valence-electron chi connectivity index (χ0n) is 23.1. The van der Waals surface area contributed by atoms with Crippen molar-refractivity contribution in [3.63, 3.8) is 0 Å². The van der Waals surface area contributed by atoms with E-state index in [9.17, 15) is 19.2 Å². The van der Waals surface area contributed by atoms with Crippen molar-refractivity contribution in [2.75, 3.05) is 13.1 Å². The van der Waals surface area contributed by atoms with Crippen molar-refractivity contribution in [3.8, 4) is 0 Å². The molecule has 0 saturated carbocycles. The van der Waals surface area contributed by atoms with E-state index in [2.05, 4.69) is 31.2 Å². The molecule has 2 rings (SSSR count). The molecule has 0 bridgehead atoms. The third kappa shape index (κ3) is 13.2. The first-order valence-corrected chi connectivity index (χ1v) is 13.9. The van der Waals surface area contributed by atoms with Crippen LogP contribution < -0.4 is 21.3 Å². The largest absolute Gasteiger partial charge is 0.306 e. The summed E-state index contributed by atoms with van der Waals surface area (Å²) in [5.74, 6) is -1.50. The normalized spacial score (nSPS) is 12.4. The van der Waals surface area contributed by atoms with E-state index < -0.39 is 23.9 Å². The fourth-order valence-electron chi connectivity index (χ4n) is 3.90. The number of carbonyl (C=O) groups excluding carboxylic acids is 4. The molecule has 2 heterocycles. The highest BCUT2D eigenvalue weighted by molar-refractivity contribution is 6.06. The minimum atomic E-state index is -0.433. The molecule has 10 heteroatoms. The van der Waals surface area contributed by atoms with E-state index in [1.807, 2.05) is 0 Å². The number of rotatable bonds is 18. The topological polar surface area (TPSA) is 142 Å². The monoisotopic (exact) mass is 538 g/mol. The minimum absolute atomic E-state index is 0.333. The van der Waals surface area contributed by atoms with Gasteiger partial charge in [-0.1, -0.05) is 44.9 Å². The SMILES string of the molecule is CC(NCCCCCCCCCCCNC(C)C(=O)NC(=O)c1ccncc1)C(=O)NC(=O)c1ccncc1. The first-order valence-electron chi connectivity index (χ1n) is 13.9. The van der Waals surface area contributed by atoms with Crippen molar-refractivity contribution < 1.29 is 19.2 Å². The maximum atomic E-state index is 12.2. The molecule has 212 valence electrons. The number of nitrogens with one attached hydrogen (secondary N) is 4. The second kappa shape index (κ2) is 18.7. The van der Waals surface area contributed by atoms with Crippen LogP contribution in [0.4, 0.5) is 0 Å². The van der Waals surface area contributed by atoms with Crippen molar-refractivity contribution in [1.82, 2.24) is 31.2 Å². The highest BCUT2D eigenvalue weighted by atomic mass is 16.2. The number of hydrogen-bond acceptors (Lipinski definition) is 8. The van der Waals surface area contributed by atoms with Crippen LogP contribution in [0.5, 0.6) is 0 Å². The van der Waals surface area contributed by atoms with Crippen LogP contribution in [0.3, 0.4) is 0 Å². The summed E-state index contributed by atoms with van der Waals surface area (Å²) in [5.41, 5.74) is 0.821. The van der Waals surface area contributed by atoms with Gasteiger partial charge in [-0.25, -0.2) is 0 Å². The average Bonchev–Trinajstić information content (AvgIpc) is 2.95. The van der Waals surface area contributed by atoms with Gasteiger partial charge in [0.2, 0.25) is 11.8 Å². The van der Waals surface area contributed by atoms with Gasteiger partial charge in [-0.3, -0.25) is 39.8 Å². The Morgan fingerprint density at radius 2 is 0.872 bits per heavy atom. The molecule has 0 aliphatic heterocycles. The van der Waals surface area contributed by atoms with E-state index in [1.54, 1.807) is 38.1 Å². The van der Waals surface area contributed by atoms with Crippen LogP contribution in [-0.2, 0) is 9.59 Å². The number of carbonyl (C=O) groups is 4. The van der Waals surface area contributed by atoms with Crippen molar-refractivity contribution in [2.45, 2.75) is 83.7 Å². The molecule has 2 unspecified atom stereocenters. The van der Waals surface area contributed by atoms with E-state index >= 15 is 0 Å².